The molecule has 0 aromatic heterocycles. The summed E-state index contributed by atoms with van der Waals surface area (Å²) in [5.74, 6) is 4.76. The number of hydrogen-bond acceptors (Lipinski definition) is 4. The molecule has 1 aliphatic carbocycles. The van der Waals surface area contributed by atoms with Crippen LogP contribution in [-0.4, -0.2) is 11.6 Å². The Hall–Kier alpha value is -1.00. The summed E-state index contributed by atoms with van der Waals surface area (Å²) in [6.07, 6.45) is 0.678. The van der Waals surface area contributed by atoms with E-state index in [0.29, 0.717) is 6.42 Å². The van der Waals surface area contributed by atoms with Gasteiger partial charge in [-0.2, -0.15) is 10.0 Å². The number of rotatable bonds is 2. The average molecular weight is 128 g/mol. The summed E-state index contributed by atoms with van der Waals surface area (Å²) in [5, 5.41) is 9.51. The van der Waals surface area contributed by atoms with Crippen molar-refractivity contribution in [3.8, 4) is 0 Å². The maximum absolute atomic E-state index is 9.98. The van der Waals surface area contributed by atoms with Gasteiger partial charge in [-0.05, 0) is 6.92 Å². The van der Waals surface area contributed by atoms with Crippen molar-refractivity contribution in [2.75, 3.05) is 0 Å². The van der Waals surface area contributed by atoms with E-state index >= 15 is 0 Å². The zero-order valence-electron chi connectivity index (χ0n) is 5.11. The van der Waals surface area contributed by atoms with E-state index in [-0.39, 0.29) is 6.04 Å². The number of nitrogens with two attached hydrogens (primary N) is 1. The Morgan fingerprint density at radius 2 is 2.44 bits per heavy atom. The van der Waals surface area contributed by atoms with E-state index < -0.39 is 5.54 Å². The highest BCUT2D eigenvalue weighted by molar-refractivity contribution is 5.12. The molecule has 0 spiro atoms. The first kappa shape index (κ1) is 6.12. The van der Waals surface area contributed by atoms with Gasteiger partial charge in [-0.15, -0.1) is 0 Å². The Morgan fingerprint density at radius 3 is 2.78 bits per heavy atom. The van der Waals surface area contributed by atoms with E-state index in [1.54, 1.807) is 6.92 Å². The van der Waals surface area contributed by atoms with Crippen LogP contribution in [0.25, 0.3) is 0 Å². The van der Waals surface area contributed by atoms with Crippen molar-refractivity contribution in [1.82, 2.24) is 0 Å². The van der Waals surface area contributed by atoms with Gasteiger partial charge in [-0.25, -0.2) is 0 Å². The zero-order chi connectivity index (χ0) is 6.91. The molecule has 0 aromatic rings. The van der Waals surface area contributed by atoms with Crippen molar-refractivity contribution in [2.45, 2.75) is 24.9 Å². The largest absolute Gasteiger partial charge is 0.305 e. The molecule has 2 N–H and O–H groups in total. The van der Waals surface area contributed by atoms with Crippen LogP contribution in [0.3, 0.4) is 0 Å². The first-order valence-electron chi connectivity index (χ1n) is 2.67. The molecule has 1 fully saturated rings. The number of nitroso groups, excluding NO2 is 1. The summed E-state index contributed by atoms with van der Waals surface area (Å²) in [4.78, 5) is 9.98. The first-order valence-corrected chi connectivity index (χ1v) is 2.67. The molecule has 0 aromatic carbocycles. The predicted octanol–water partition coefficient (Wildman–Crippen LogP) is 0.610. The third-order valence-corrected chi connectivity index (χ3v) is 1.58. The molecule has 1 aliphatic rings. The van der Waals surface area contributed by atoms with Crippen LogP contribution in [-0.2, 0) is 0 Å². The van der Waals surface area contributed by atoms with Crippen LogP contribution in [0, 0.1) is 4.91 Å². The predicted molar refractivity (Wildman–Crippen MR) is 31.6 cm³/mol. The first-order chi connectivity index (χ1) is 4.23. The highest BCUT2D eigenvalue weighted by Crippen LogP contribution is 2.42. The van der Waals surface area contributed by atoms with Crippen molar-refractivity contribution >= 4 is 0 Å². The molecular weight excluding hydrogens is 120 g/mol. The number of nitrogens with zero attached hydrogens (tertiary/aromatic N) is 3. The van der Waals surface area contributed by atoms with Gasteiger partial charge in [-0.3, -0.25) is 0 Å². The van der Waals surface area contributed by atoms with Crippen molar-refractivity contribution in [3.63, 3.8) is 0 Å². The van der Waals surface area contributed by atoms with Gasteiger partial charge in [-0.1, -0.05) is 10.4 Å². The molecule has 0 aliphatic heterocycles. The normalized spacial score (nSPS) is 41.2. The van der Waals surface area contributed by atoms with Crippen LogP contribution in [0.2, 0.25) is 0 Å². The van der Waals surface area contributed by atoms with E-state index in [4.69, 9.17) is 5.84 Å². The Morgan fingerprint density at radius 1 is 1.78 bits per heavy atom. The van der Waals surface area contributed by atoms with Gasteiger partial charge in [0.2, 0.25) is 0 Å². The fourth-order valence-corrected chi connectivity index (χ4v) is 0.676. The van der Waals surface area contributed by atoms with Crippen LogP contribution in [0.15, 0.2) is 15.5 Å². The van der Waals surface area contributed by atoms with Gasteiger partial charge < -0.3 is 5.84 Å². The number of hydrogen-bond donors (Lipinski definition) is 1. The zero-order valence-corrected chi connectivity index (χ0v) is 5.11. The molecule has 0 saturated heterocycles. The second kappa shape index (κ2) is 1.75. The molecule has 5 heteroatoms. The van der Waals surface area contributed by atoms with E-state index in [9.17, 15) is 4.91 Å². The van der Waals surface area contributed by atoms with E-state index in [0.717, 1.165) is 0 Å². The SMILES string of the molecule is CC1(N=O)C[C@@H]1N=NN. The van der Waals surface area contributed by atoms with Gasteiger partial charge in [0.1, 0.15) is 11.6 Å². The maximum atomic E-state index is 9.98. The molecule has 9 heavy (non-hydrogen) atoms. The molecule has 0 amide bonds. The van der Waals surface area contributed by atoms with E-state index in [2.05, 4.69) is 15.5 Å². The minimum absolute atomic E-state index is 0.0694. The lowest BCUT2D eigenvalue weighted by Crippen LogP contribution is -2.01. The fourth-order valence-electron chi connectivity index (χ4n) is 0.676. The smallest absolute Gasteiger partial charge is 0.126 e. The molecular formula is C4H8N4O. The third kappa shape index (κ3) is 0.893. The molecule has 1 unspecified atom stereocenters. The monoisotopic (exact) mass is 128 g/mol. The maximum Gasteiger partial charge on any atom is 0.126 e. The molecule has 0 radical (unpaired) electrons. The standard InChI is InChI=1S/C4H8N4O/c1-4(7-9)2-3(4)6-8-5/h3H,2H2,1H3,(H2,5,6)/t3-,4?/m0/s1. The summed E-state index contributed by atoms with van der Waals surface area (Å²) in [7, 11) is 0. The van der Waals surface area contributed by atoms with Crippen LogP contribution < -0.4 is 5.84 Å². The van der Waals surface area contributed by atoms with Gasteiger partial charge in [0.05, 0.1) is 0 Å². The van der Waals surface area contributed by atoms with Gasteiger partial charge in [0.15, 0.2) is 0 Å². The Kier molecular flexibility index (Phi) is 1.19. The molecule has 1 saturated carbocycles. The van der Waals surface area contributed by atoms with Crippen molar-refractivity contribution in [3.05, 3.63) is 4.91 Å². The van der Waals surface area contributed by atoms with E-state index in [1.165, 1.54) is 0 Å². The fraction of sp³-hybridized carbons (Fsp3) is 1.00. The van der Waals surface area contributed by atoms with Crippen molar-refractivity contribution in [2.24, 2.45) is 21.4 Å². The Labute approximate surface area is 52.3 Å². The lowest BCUT2D eigenvalue weighted by atomic mass is 10.3. The second-order valence-electron chi connectivity index (χ2n) is 2.40. The topological polar surface area (TPSA) is 80.2 Å². The molecule has 0 bridgehead atoms. The van der Waals surface area contributed by atoms with Crippen LogP contribution in [0.1, 0.15) is 13.3 Å². The minimum atomic E-state index is -0.511. The highest BCUT2D eigenvalue weighted by Gasteiger charge is 2.53. The molecule has 2 atom stereocenters. The van der Waals surface area contributed by atoms with Gasteiger partial charge >= 0.3 is 0 Å². The summed E-state index contributed by atoms with van der Waals surface area (Å²) in [5.41, 5.74) is -0.511. The lowest BCUT2D eigenvalue weighted by molar-refractivity contribution is 0.695. The minimum Gasteiger partial charge on any atom is -0.305 e. The van der Waals surface area contributed by atoms with Gasteiger partial charge in [0, 0.05) is 6.42 Å². The molecule has 5 nitrogen and oxygen atoms in total. The highest BCUT2D eigenvalue weighted by atomic mass is 16.3. The summed E-state index contributed by atoms with van der Waals surface area (Å²) in [6, 6.07) is -0.0694. The van der Waals surface area contributed by atoms with Crippen LogP contribution >= 0.6 is 0 Å². The summed E-state index contributed by atoms with van der Waals surface area (Å²) >= 11 is 0. The molecule has 0 heterocycles. The van der Waals surface area contributed by atoms with Crippen LogP contribution in [0.4, 0.5) is 0 Å². The van der Waals surface area contributed by atoms with E-state index in [1.807, 2.05) is 0 Å². The molecule has 1 rings (SSSR count). The van der Waals surface area contributed by atoms with Crippen LogP contribution in [0.5, 0.6) is 0 Å². The Bertz CT molecular complexity index is 157. The average Bonchev–Trinajstić information content (AvgIpc) is 2.46. The molecule has 50 valence electrons. The summed E-state index contributed by atoms with van der Waals surface area (Å²) in [6.45, 7) is 1.74. The quantitative estimate of drug-likeness (QED) is 0.256. The van der Waals surface area contributed by atoms with Gasteiger partial charge in [0.25, 0.3) is 0 Å². The Balaban J connectivity index is 2.47. The second-order valence-corrected chi connectivity index (χ2v) is 2.40. The summed E-state index contributed by atoms with van der Waals surface area (Å²) < 4.78 is 0. The van der Waals surface area contributed by atoms with Crippen molar-refractivity contribution < 1.29 is 0 Å². The van der Waals surface area contributed by atoms with Crippen molar-refractivity contribution in [1.29, 1.82) is 0 Å². The lowest BCUT2D eigenvalue weighted by Gasteiger charge is -1.90. The third-order valence-electron chi connectivity index (χ3n) is 1.58.